The Morgan fingerprint density at radius 3 is 2.80 bits per heavy atom. The summed E-state index contributed by atoms with van der Waals surface area (Å²) in [6, 6.07) is 12.3. The minimum atomic E-state index is -0.314. The summed E-state index contributed by atoms with van der Waals surface area (Å²) in [4.78, 5) is 0. The number of ether oxygens (including phenoxy) is 1. The number of benzene rings is 2. The van der Waals surface area contributed by atoms with Crippen LogP contribution in [0.1, 0.15) is 24.1 Å². The molecule has 0 saturated carbocycles. The van der Waals surface area contributed by atoms with Gasteiger partial charge < -0.3 is 10.1 Å². The molecule has 0 spiro atoms. The third-order valence-corrected chi connectivity index (χ3v) is 3.56. The van der Waals surface area contributed by atoms with Gasteiger partial charge in [-0.15, -0.1) is 0 Å². The van der Waals surface area contributed by atoms with E-state index in [-0.39, 0.29) is 18.5 Å². The van der Waals surface area contributed by atoms with E-state index in [2.05, 4.69) is 12.2 Å². The van der Waals surface area contributed by atoms with Crippen molar-refractivity contribution in [2.45, 2.75) is 19.6 Å². The lowest BCUT2D eigenvalue weighted by molar-refractivity contribution is 0.305. The van der Waals surface area contributed by atoms with Crippen molar-refractivity contribution in [2.24, 2.45) is 0 Å². The monoisotopic (exact) mass is 293 g/mol. The molecule has 2 nitrogen and oxygen atoms in total. The molecule has 1 N–H and O–H groups in total. The highest BCUT2D eigenvalue weighted by atomic mass is 35.5. The van der Waals surface area contributed by atoms with Crippen molar-refractivity contribution in [3.63, 3.8) is 0 Å². The second-order valence-electron chi connectivity index (χ2n) is 4.61. The molecule has 1 atom stereocenters. The molecule has 0 radical (unpaired) electrons. The molecule has 106 valence electrons. The van der Waals surface area contributed by atoms with Crippen molar-refractivity contribution in [1.82, 2.24) is 5.32 Å². The Morgan fingerprint density at radius 2 is 2.05 bits per heavy atom. The molecule has 0 saturated heterocycles. The van der Waals surface area contributed by atoms with E-state index in [0.29, 0.717) is 10.6 Å². The molecule has 2 aromatic rings. The molecule has 2 rings (SSSR count). The molecule has 0 aliphatic carbocycles. The number of hydrogen-bond donors (Lipinski definition) is 1. The highest BCUT2D eigenvalue weighted by molar-refractivity contribution is 6.31. The van der Waals surface area contributed by atoms with Crippen LogP contribution in [0, 0.1) is 5.82 Å². The topological polar surface area (TPSA) is 21.3 Å². The summed E-state index contributed by atoms with van der Waals surface area (Å²) in [5.74, 6) is 0.426. The first-order chi connectivity index (χ1) is 9.60. The van der Waals surface area contributed by atoms with E-state index in [9.17, 15) is 4.39 Å². The molecule has 0 bridgehead atoms. The van der Waals surface area contributed by atoms with Crippen LogP contribution >= 0.6 is 11.6 Å². The first-order valence-corrected chi connectivity index (χ1v) is 6.82. The smallest absolute Gasteiger partial charge is 0.123 e. The summed E-state index contributed by atoms with van der Waals surface area (Å²) in [5.41, 5.74) is 1.77. The lowest BCUT2D eigenvalue weighted by Gasteiger charge is -2.13. The van der Waals surface area contributed by atoms with E-state index in [1.807, 2.05) is 31.3 Å². The van der Waals surface area contributed by atoms with Crippen molar-refractivity contribution >= 4 is 11.6 Å². The lowest BCUT2D eigenvalue weighted by atomic mass is 10.1. The van der Waals surface area contributed by atoms with Crippen molar-refractivity contribution in [2.75, 3.05) is 7.05 Å². The van der Waals surface area contributed by atoms with Crippen LogP contribution in [-0.4, -0.2) is 7.05 Å². The first-order valence-electron chi connectivity index (χ1n) is 6.44. The minimum absolute atomic E-state index is 0.244. The second-order valence-corrected chi connectivity index (χ2v) is 5.01. The van der Waals surface area contributed by atoms with Gasteiger partial charge in [0.25, 0.3) is 0 Å². The van der Waals surface area contributed by atoms with Gasteiger partial charge in [0.2, 0.25) is 0 Å². The Bertz CT molecular complexity index is 588. The molecule has 0 heterocycles. The molecule has 2 aromatic carbocycles. The predicted molar refractivity (Wildman–Crippen MR) is 79.7 cm³/mol. The summed E-state index contributed by atoms with van der Waals surface area (Å²) in [6.45, 7) is 2.32. The lowest BCUT2D eigenvalue weighted by Crippen LogP contribution is -2.12. The van der Waals surface area contributed by atoms with E-state index in [1.54, 1.807) is 0 Å². The molecule has 0 aliphatic heterocycles. The van der Waals surface area contributed by atoms with Gasteiger partial charge in [-0.05, 0) is 49.9 Å². The summed E-state index contributed by atoms with van der Waals surface area (Å²) in [5, 5.41) is 3.68. The van der Waals surface area contributed by atoms with Gasteiger partial charge in [0, 0.05) is 16.6 Å². The largest absolute Gasteiger partial charge is 0.489 e. The number of rotatable bonds is 5. The van der Waals surface area contributed by atoms with Crippen LogP contribution in [0.4, 0.5) is 4.39 Å². The highest BCUT2D eigenvalue weighted by Gasteiger charge is 2.06. The van der Waals surface area contributed by atoms with Gasteiger partial charge in [0.05, 0.1) is 0 Å². The van der Waals surface area contributed by atoms with Gasteiger partial charge in [0.15, 0.2) is 0 Å². The van der Waals surface area contributed by atoms with E-state index in [1.165, 1.54) is 18.2 Å². The molecule has 0 fully saturated rings. The minimum Gasteiger partial charge on any atom is -0.489 e. The summed E-state index contributed by atoms with van der Waals surface area (Å²) < 4.78 is 18.9. The standard InChI is InChI=1S/C16H17ClFNO/c1-11(19-2)12-4-3-5-15(9-12)20-10-13-8-14(18)6-7-16(13)17/h3-9,11,19H,10H2,1-2H3. The number of nitrogens with one attached hydrogen (secondary N) is 1. The zero-order valence-electron chi connectivity index (χ0n) is 11.5. The molecule has 0 aliphatic rings. The maximum absolute atomic E-state index is 13.2. The Labute approximate surface area is 123 Å². The maximum Gasteiger partial charge on any atom is 0.123 e. The van der Waals surface area contributed by atoms with Crippen molar-refractivity contribution in [3.8, 4) is 5.75 Å². The third-order valence-electron chi connectivity index (χ3n) is 3.19. The maximum atomic E-state index is 13.2. The van der Waals surface area contributed by atoms with Crippen molar-refractivity contribution < 1.29 is 9.13 Å². The van der Waals surface area contributed by atoms with Gasteiger partial charge in [-0.2, -0.15) is 0 Å². The SMILES string of the molecule is CNC(C)c1cccc(OCc2cc(F)ccc2Cl)c1. The fraction of sp³-hybridized carbons (Fsp3) is 0.250. The van der Waals surface area contributed by atoms with Gasteiger partial charge in [-0.3, -0.25) is 0 Å². The molecule has 0 amide bonds. The molecule has 4 heteroatoms. The van der Waals surface area contributed by atoms with Crippen LogP contribution in [0.2, 0.25) is 5.02 Å². The van der Waals surface area contributed by atoms with Crippen LogP contribution in [0.3, 0.4) is 0 Å². The van der Waals surface area contributed by atoms with Crippen LogP contribution < -0.4 is 10.1 Å². The zero-order valence-corrected chi connectivity index (χ0v) is 12.2. The third kappa shape index (κ3) is 3.71. The fourth-order valence-corrected chi connectivity index (χ4v) is 2.03. The zero-order chi connectivity index (χ0) is 14.5. The molecule has 20 heavy (non-hydrogen) atoms. The molecule has 0 aromatic heterocycles. The summed E-state index contributed by atoms with van der Waals surface area (Å²) >= 11 is 6.01. The van der Waals surface area contributed by atoms with Crippen molar-refractivity contribution in [1.29, 1.82) is 0 Å². The van der Waals surface area contributed by atoms with E-state index in [0.717, 1.165) is 11.3 Å². The van der Waals surface area contributed by atoms with Crippen LogP contribution in [0.25, 0.3) is 0 Å². The molecular weight excluding hydrogens is 277 g/mol. The quantitative estimate of drug-likeness (QED) is 0.885. The van der Waals surface area contributed by atoms with Crippen LogP contribution in [0.5, 0.6) is 5.75 Å². The average Bonchev–Trinajstić information content (AvgIpc) is 2.47. The van der Waals surface area contributed by atoms with Gasteiger partial charge >= 0.3 is 0 Å². The Balaban J connectivity index is 2.09. The van der Waals surface area contributed by atoms with Gasteiger partial charge in [-0.25, -0.2) is 4.39 Å². The predicted octanol–water partition coefficient (Wildman–Crippen LogP) is 4.34. The van der Waals surface area contributed by atoms with Gasteiger partial charge in [-0.1, -0.05) is 23.7 Å². The summed E-state index contributed by atoms with van der Waals surface area (Å²) in [7, 11) is 1.91. The highest BCUT2D eigenvalue weighted by Crippen LogP contribution is 2.22. The average molecular weight is 294 g/mol. The Hall–Kier alpha value is -1.58. The van der Waals surface area contributed by atoms with Crippen molar-refractivity contribution in [3.05, 3.63) is 64.4 Å². The number of hydrogen-bond acceptors (Lipinski definition) is 2. The van der Waals surface area contributed by atoms with E-state index < -0.39 is 0 Å². The first kappa shape index (κ1) is 14.8. The summed E-state index contributed by atoms with van der Waals surface area (Å²) in [6.07, 6.45) is 0. The van der Waals surface area contributed by atoms with E-state index >= 15 is 0 Å². The van der Waals surface area contributed by atoms with Crippen LogP contribution in [0.15, 0.2) is 42.5 Å². The number of halogens is 2. The molecular formula is C16H17ClFNO. The van der Waals surface area contributed by atoms with E-state index in [4.69, 9.17) is 16.3 Å². The Kier molecular flexibility index (Phi) is 4.99. The normalized spacial score (nSPS) is 12.2. The molecule has 1 unspecified atom stereocenters. The van der Waals surface area contributed by atoms with Gasteiger partial charge in [0.1, 0.15) is 18.2 Å². The Morgan fingerprint density at radius 1 is 1.25 bits per heavy atom. The fourth-order valence-electron chi connectivity index (χ4n) is 1.86. The van der Waals surface area contributed by atoms with Crippen LogP contribution in [-0.2, 0) is 6.61 Å². The second kappa shape index (κ2) is 6.73.